The summed E-state index contributed by atoms with van der Waals surface area (Å²) in [6.45, 7) is 10.7. The molecule has 3 fully saturated rings. The van der Waals surface area contributed by atoms with Gasteiger partial charge in [-0.15, -0.1) is 0 Å². The molecular formula is C26H50O. The van der Waals surface area contributed by atoms with Crippen molar-refractivity contribution in [1.29, 1.82) is 0 Å². The van der Waals surface area contributed by atoms with Crippen LogP contribution >= 0.6 is 0 Å². The van der Waals surface area contributed by atoms with Gasteiger partial charge in [-0.05, 0) is 42.4 Å². The lowest BCUT2D eigenvalue weighted by atomic mass is 9.45. The molecule has 2 unspecified atom stereocenters. The highest BCUT2D eigenvalue weighted by Crippen LogP contribution is 2.61. The van der Waals surface area contributed by atoms with Gasteiger partial charge in [-0.1, -0.05) is 111 Å². The minimum atomic E-state index is 0.559. The number of rotatable bonds is 16. The van der Waals surface area contributed by atoms with Crippen LogP contribution in [-0.2, 0) is 4.74 Å². The Hall–Kier alpha value is -0.0400. The van der Waals surface area contributed by atoms with Crippen LogP contribution in [0.1, 0.15) is 130 Å². The van der Waals surface area contributed by atoms with Gasteiger partial charge < -0.3 is 4.74 Å². The lowest BCUT2D eigenvalue weighted by Crippen LogP contribution is -2.57. The Balaban J connectivity index is 1.32. The smallest absolute Gasteiger partial charge is 0.0606 e. The van der Waals surface area contributed by atoms with E-state index in [0.29, 0.717) is 11.5 Å². The first kappa shape index (κ1) is 23.2. The minimum absolute atomic E-state index is 0.559. The first-order valence-electron chi connectivity index (χ1n) is 12.7. The third-order valence-electron chi connectivity index (χ3n) is 8.11. The second kappa shape index (κ2) is 12.5. The third-order valence-corrected chi connectivity index (χ3v) is 8.11. The van der Waals surface area contributed by atoms with Crippen LogP contribution in [0.3, 0.4) is 0 Å². The molecule has 1 nitrogen and oxygen atoms in total. The average Bonchev–Trinajstić information content (AvgIpc) is 2.65. The Morgan fingerprint density at radius 3 is 1.63 bits per heavy atom. The molecule has 27 heavy (non-hydrogen) atoms. The number of ether oxygens (including phenoxy) is 1. The van der Waals surface area contributed by atoms with Crippen LogP contribution in [0.2, 0.25) is 0 Å². The summed E-state index contributed by atoms with van der Waals surface area (Å²) in [5, 5.41) is 0. The van der Waals surface area contributed by atoms with Gasteiger partial charge >= 0.3 is 0 Å². The number of hydrogen-bond acceptors (Lipinski definition) is 1. The molecule has 0 N–H and O–H groups in total. The van der Waals surface area contributed by atoms with Gasteiger partial charge in [0.25, 0.3) is 0 Å². The summed E-state index contributed by atoms with van der Waals surface area (Å²) in [7, 11) is 0. The van der Waals surface area contributed by atoms with Gasteiger partial charge in [-0.3, -0.25) is 0 Å². The topological polar surface area (TPSA) is 9.23 Å². The molecule has 3 aliphatic carbocycles. The van der Waals surface area contributed by atoms with Crippen LogP contribution in [0, 0.1) is 23.2 Å². The van der Waals surface area contributed by atoms with Crippen LogP contribution < -0.4 is 0 Å². The van der Waals surface area contributed by atoms with Crippen LogP contribution in [0.4, 0.5) is 0 Å². The van der Waals surface area contributed by atoms with Crippen molar-refractivity contribution in [2.75, 3.05) is 6.61 Å². The molecule has 0 radical (unpaired) electrons. The van der Waals surface area contributed by atoms with Crippen LogP contribution in [0.25, 0.3) is 0 Å². The maximum Gasteiger partial charge on any atom is 0.0606 e. The van der Waals surface area contributed by atoms with E-state index in [9.17, 15) is 0 Å². The molecule has 0 spiro atoms. The SMILES string of the molecule is CCCCCCCCCCCCCCCCO[C@@H]1CC2CC([C@H]1C)C2(C)C. The molecule has 0 aromatic heterocycles. The number of fused-ring (bicyclic) bond motifs is 2. The molecule has 3 saturated carbocycles. The summed E-state index contributed by atoms with van der Waals surface area (Å²) in [5.74, 6) is 2.62. The van der Waals surface area contributed by atoms with Crippen molar-refractivity contribution < 1.29 is 4.74 Å². The number of unbranched alkanes of at least 4 members (excludes halogenated alkanes) is 13. The van der Waals surface area contributed by atoms with E-state index in [-0.39, 0.29) is 0 Å². The molecule has 0 amide bonds. The summed E-state index contributed by atoms with van der Waals surface area (Å²) in [5.41, 5.74) is 0.592. The highest BCUT2D eigenvalue weighted by Gasteiger charge is 2.56. The van der Waals surface area contributed by atoms with Gasteiger partial charge in [0.15, 0.2) is 0 Å². The molecule has 0 saturated heterocycles. The molecule has 2 bridgehead atoms. The molecule has 0 aromatic carbocycles. The molecular weight excluding hydrogens is 328 g/mol. The van der Waals surface area contributed by atoms with Crippen molar-refractivity contribution in [2.45, 2.75) is 137 Å². The van der Waals surface area contributed by atoms with Gasteiger partial charge in [0.05, 0.1) is 6.10 Å². The van der Waals surface area contributed by atoms with Crippen LogP contribution in [0.5, 0.6) is 0 Å². The molecule has 3 rings (SSSR count). The molecule has 3 aliphatic rings. The molecule has 0 heterocycles. The quantitative estimate of drug-likeness (QED) is 0.244. The lowest BCUT2D eigenvalue weighted by Gasteiger charge is -2.61. The standard InChI is InChI=1S/C26H50O/c1-5-6-7-8-9-10-11-12-13-14-15-16-17-18-19-27-25-21-23-20-24(22(25)2)26(23,3)4/h22-25H,5-21H2,1-4H3/t22-,23?,24?,25-/m1/s1. The van der Waals surface area contributed by atoms with Crippen LogP contribution in [-0.4, -0.2) is 12.7 Å². The van der Waals surface area contributed by atoms with Crippen molar-refractivity contribution in [2.24, 2.45) is 23.2 Å². The van der Waals surface area contributed by atoms with Crippen LogP contribution in [0.15, 0.2) is 0 Å². The normalized spacial score (nSPS) is 28.9. The van der Waals surface area contributed by atoms with E-state index in [1.54, 1.807) is 0 Å². The zero-order valence-corrected chi connectivity index (χ0v) is 19.2. The fourth-order valence-corrected chi connectivity index (χ4v) is 5.85. The summed E-state index contributed by atoms with van der Waals surface area (Å²) in [6, 6.07) is 0. The predicted octanol–water partition coefficient (Wildman–Crippen LogP) is 8.56. The fourth-order valence-electron chi connectivity index (χ4n) is 5.85. The maximum absolute atomic E-state index is 6.30. The van der Waals surface area contributed by atoms with Crippen molar-refractivity contribution in [3.8, 4) is 0 Å². The molecule has 0 aromatic rings. The van der Waals surface area contributed by atoms with Gasteiger partial charge in [0, 0.05) is 6.61 Å². The minimum Gasteiger partial charge on any atom is -0.378 e. The number of hydrogen-bond donors (Lipinski definition) is 0. The van der Waals surface area contributed by atoms with E-state index < -0.39 is 0 Å². The molecule has 160 valence electrons. The Morgan fingerprint density at radius 1 is 0.704 bits per heavy atom. The first-order valence-corrected chi connectivity index (χ1v) is 12.7. The second-order valence-corrected chi connectivity index (χ2v) is 10.5. The second-order valence-electron chi connectivity index (χ2n) is 10.5. The van der Waals surface area contributed by atoms with E-state index in [0.717, 1.165) is 24.4 Å². The third kappa shape index (κ3) is 7.37. The van der Waals surface area contributed by atoms with Gasteiger partial charge in [0.1, 0.15) is 0 Å². The Bertz CT molecular complexity index is 374. The van der Waals surface area contributed by atoms with Gasteiger partial charge in [-0.25, -0.2) is 0 Å². The highest BCUT2D eigenvalue weighted by atomic mass is 16.5. The predicted molar refractivity (Wildman–Crippen MR) is 119 cm³/mol. The first-order chi connectivity index (χ1) is 13.1. The van der Waals surface area contributed by atoms with E-state index in [4.69, 9.17) is 4.74 Å². The van der Waals surface area contributed by atoms with E-state index >= 15 is 0 Å². The average molecular weight is 379 g/mol. The van der Waals surface area contributed by atoms with Crippen molar-refractivity contribution in [3.05, 3.63) is 0 Å². The fraction of sp³-hybridized carbons (Fsp3) is 1.00. The van der Waals surface area contributed by atoms with Crippen molar-refractivity contribution in [1.82, 2.24) is 0 Å². The van der Waals surface area contributed by atoms with Gasteiger partial charge in [-0.2, -0.15) is 0 Å². The summed E-state index contributed by atoms with van der Waals surface area (Å²) in [4.78, 5) is 0. The zero-order valence-electron chi connectivity index (χ0n) is 19.2. The molecule has 1 heteroatoms. The monoisotopic (exact) mass is 378 g/mol. The lowest BCUT2D eigenvalue weighted by molar-refractivity contribution is -0.172. The van der Waals surface area contributed by atoms with Crippen molar-refractivity contribution in [3.63, 3.8) is 0 Å². The van der Waals surface area contributed by atoms with E-state index in [2.05, 4.69) is 27.7 Å². The zero-order chi connectivity index (χ0) is 19.5. The summed E-state index contributed by atoms with van der Waals surface area (Å²) >= 11 is 0. The summed E-state index contributed by atoms with van der Waals surface area (Å²) < 4.78 is 6.30. The highest BCUT2D eigenvalue weighted by molar-refractivity contribution is 5.05. The Labute approximate surface area is 171 Å². The molecule has 4 atom stereocenters. The Kier molecular flexibility index (Phi) is 10.8. The maximum atomic E-state index is 6.30. The van der Waals surface area contributed by atoms with E-state index in [1.165, 1.54) is 103 Å². The summed E-state index contributed by atoms with van der Waals surface area (Å²) in [6.07, 6.45) is 23.4. The van der Waals surface area contributed by atoms with E-state index in [1.807, 2.05) is 0 Å². The molecule has 0 aliphatic heterocycles. The van der Waals surface area contributed by atoms with Crippen molar-refractivity contribution >= 4 is 0 Å². The largest absolute Gasteiger partial charge is 0.378 e. The van der Waals surface area contributed by atoms with Gasteiger partial charge in [0.2, 0.25) is 0 Å². The Morgan fingerprint density at radius 2 is 1.19 bits per heavy atom.